The van der Waals surface area contributed by atoms with E-state index >= 15 is 0 Å². The minimum absolute atomic E-state index is 0.277. The number of halogens is 1. The van der Waals surface area contributed by atoms with Gasteiger partial charge in [0.15, 0.2) is 0 Å². The summed E-state index contributed by atoms with van der Waals surface area (Å²) in [6, 6.07) is 10.2. The first-order valence-corrected chi connectivity index (χ1v) is 8.26. The minimum Gasteiger partial charge on any atom is -0.490 e. The lowest BCUT2D eigenvalue weighted by Crippen LogP contribution is -2.56. The first kappa shape index (κ1) is 13.9. The molecule has 0 saturated heterocycles. The zero-order valence-corrected chi connectivity index (χ0v) is 13.6. The third-order valence-electron chi connectivity index (χ3n) is 4.86. The molecule has 0 N–H and O–H groups in total. The largest absolute Gasteiger partial charge is 0.490 e. The Balaban J connectivity index is 1.83. The molecule has 3 rings (SSSR count). The van der Waals surface area contributed by atoms with E-state index in [-0.39, 0.29) is 5.41 Å². The van der Waals surface area contributed by atoms with Gasteiger partial charge in [-0.05, 0) is 37.5 Å². The van der Waals surface area contributed by atoms with Crippen molar-refractivity contribution in [3.63, 3.8) is 0 Å². The van der Waals surface area contributed by atoms with Gasteiger partial charge >= 0.3 is 0 Å². The Bertz CT molecular complexity index is 609. The quantitative estimate of drug-likeness (QED) is 0.738. The van der Waals surface area contributed by atoms with Gasteiger partial charge in [0.05, 0.1) is 5.52 Å². The van der Waals surface area contributed by atoms with Crippen LogP contribution in [0.15, 0.2) is 36.5 Å². The van der Waals surface area contributed by atoms with E-state index in [2.05, 4.69) is 53.0 Å². The first-order valence-electron chi connectivity index (χ1n) is 7.35. The predicted molar refractivity (Wildman–Crippen MR) is 86.5 cm³/mol. The summed E-state index contributed by atoms with van der Waals surface area (Å²) in [5, 5.41) is 1.16. The van der Waals surface area contributed by atoms with Crippen LogP contribution in [0.1, 0.15) is 33.1 Å². The van der Waals surface area contributed by atoms with Crippen molar-refractivity contribution in [3.05, 3.63) is 36.5 Å². The van der Waals surface area contributed by atoms with E-state index in [0.717, 1.165) is 35.9 Å². The van der Waals surface area contributed by atoms with Crippen LogP contribution in [0, 0.1) is 5.41 Å². The van der Waals surface area contributed by atoms with Crippen molar-refractivity contribution in [2.75, 3.05) is 0 Å². The standard InChI is InChI=1S/C17H20BrNO/c1-3-17(4-2)15(18)11-16(17)20-13-8-7-12-6-5-9-19-14(12)10-13/h5-10,15-16H,3-4,11H2,1-2H3. The molecule has 1 fully saturated rings. The minimum atomic E-state index is 0.277. The van der Waals surface area contributed by atoms with Crippen molar-refractivity contribution < 1.29 is 4.74 Å². The third kappa shape index (κ3) is 2.12. The molecule has 3 heteroatoms. The average Bonchev–Trinajstić information content (AvgIpc) is 2.48. The number of benzene rings is 1. The average molecular weight is 334 g/mol. The molecule has 1 aromatic heterocycles. The summed E-state index contributed by atoms with van der Waals surface area (Å²) in [7, 11) is 0. The molecular formula is C17H20BrNO. The normalized spacial score (nSPS) is 24.4. The van der Waals surface area contributed by atoms with Gasteiger partial charge in [-0.15, -0.1) is 0 Å². The van der Waals surface area contributed by atoms with Gasteiger partial charge in [-0.1, -0.05) is 35.8 Å². The van der Waals surface area contributed by atoms with Crippen molar-refractivity contribution in [2.24, 2.45) is 5.41 Å². The lowest BCUT2D eigenvalue weighted by atomic mass is 9.62. The number of pyridine rings is 1. The SMILES string of the molecule is CCC1(CC)C(Br)CC1Oc1ccc2cccnc2c1. The van der Waals surface area contributed by atoms with Crippen LogP contribution in [0.25, 0.3) is 10.9 Å². The molecule has 0 aliphatic heterocycles. The summed E-state index contributed by atoms with van der Waals surface area (Å²) in [5.74, 6) is 0.937. The van der Waals surface area contributed by atoms with Crippen LogP contribution in [-0.2, 0) is 0 Å². The maximum atomic E-state index is 6.26. The van der Waals surface area contributed by atoms with Crippen LogP contribution in [0.2, 0.25) is 0 Å². The molecule has 0 amide bonds. The van der Waals surface area contributed by atoms with E-state index in [1.54, 1.807) is 0 Å². The molecule has 1 saturated carbocycles. The maximum Gasteiger partial charge on any atom is 0.121 e. The molecule has 1 heterocycles. The fourth-order valence-electron chi connectivity index (χ4n) is 3.30. The predicted octanol–water partition coefficient (Wildman–Crippen LogP) is 4.96. The monoisotopic (exact) mass is 333 g/mol. The molecule has 106 valence electrons. The van der Waals surface area contributed by atoms with E-state index in [0.29, 0.717) is 10.9 Å². The Kier molecular flexibility index (Phi) is 3.72. The molecule has 0 radical (unpaired) electrons. The summed E-state index contributed by atoms with van der Waals surface area (Å²) < 4.78 is 6.26. The van der Waals surface area contributed by atoms with Crippen LogP contribution in [0.3, 0.4) is 0 Å². The Morgan fingerprint density at radius 2 is 2.10 bits per heavy atom. The van der Waals surface area contributed by atoms with Crippen LogP contribution >= 0.6 is 15.9 Å². The van der Waals surface area contributed by atoms with E-state index < -0.39 is 0 Å². The van der Waals surface area contributed by atoms with E-state index in [1.165, 1.54) is 0 Å². The van der Waals surface area contributed by atoms with Gasteiger partial charge in [0.25, 0.3) is 0 Å². The second-order valence-electron chi connectivity index (χ2n) is 5.61. The molecule has 1 aliphatic carbocycles. The Hall–Kier alpha value is -1.09. The summed E-state index contributed by atoms with van der Waals surface area (Å²) in [5.41, 5.74) is 1.28. The number of ether oxygens (including phenoxy) is 1. The van der Waals surface area contributed by atoms with Gasteiger partial charge in [-0.2, -0.15) is 0 Å². The highest BCUT2D eigenvalue weighted by Gasteiger charge is 2.53. The Morgan fingerprint density at radius 3 is 2.80 bits per heavy atom. The second-order valence-corrected chi connectivity index (χ2v) is 6.71. The highest BCUT2D eigenvalue weighted by atomic mass is 79.9. The summed E-state index contributed by atoms with van der Waals surface area (Å²) in [4.78, 5) is 4.97. The van der Waals surface area contributed by atoms with Gasteiger partial charge in [0.1, 0.15) is 11.9 Å². The number of alkyl halides is 1. The van der Waals surface area contributed by atoms with E-state index in [4.69, 9.17) is 4.74 Å². The van der Waals surface area contributed by atoms with E-state index in [1.807, 2.05) is 18.3 Å². The molecular weight excluding hydrogens is 314 g/mol. The topological polar surface area (TPSA) is 22.1 Å². The van der Waals surface area contributed by atoms with Gasteiger partial charge in [-0.3, -0.25) is 4.98 Å². The summed E-state index contributed by atoms with van der Waals surface area (Å²) in [6.07, 6.45) is 5.52. The zero-order valence-electron chi connectivity index (χ0n) is 12.0. The summed E-state index contributed by atoms with van der Waals surface area (Å²) >= 11 is 3.81. The van der Waals surface area contributed by atoms with E-state index in [9.17, 15) is 0 Å². The fourth-order valence-corrected chi connectivity index (χ4v) is 4.58. The van der Waals surface area contributed by atoms with Crippen LogP contribution in [-0.4, -0.2) is 15.9 Å². The molecule has 2 aromatic rings. The third-order valence-corrected chi connectivity index (χ3v) is 6.14. The Labute approximate surface area is 128 Å². The zero-order chi connectivity index (χ0) is 14.2. The highest BCUT2D eigenvalue weighted by Crippen LogP contribution is 2.52. The van der Waals surface area contributed by atoms with Crippen LogP contribution in [0.4, 0.5) is 0 Å². The lowest BCUT2D eigenvalue weighted by Gasteiger charge is -2.52. The van der Waals surface area contributed by atoms with Crippen molar-refractivity contribution in [1.82, 2.24) is 4.98 Å². The van der Waals surface area contributed by atoms with Crippen LogP contribution < -0.4 is 4.74 Å². The molecule has 2 nitrogen and oxygen atoms in total. The van der Waals surface area contributed by atoms with Crippen molar-refractivity contribution in [3.8, 4) is 5.75 Å². The Morgan fingerprint density at radius 1 is 1.30 bits per heavy atom. The molecule has 0 spiro atoms. The van der Waals surface area contributed by atoms with Gasteiger partial charge in [0, 0.05) is 27.9 Å². The van der Waals surface area contributed by atoms with Gasteiger partial charge in [0.2, 0.25) is 0 Å². The number of nitrogens with zero attached hydrogens (tertiary/aromatic N) is 1. The van der Waals surface area contributed by atoms with Gasteiger partial charge in [-0.25, -0.2) is 0 Å². The molecule has 20 heavy (non-hydrogen) atoms. The molecule has 1 aliphatic rings. The fraction of sp³-hybridized carbons (Fsp3) is 0.471. The highest BCUT2D eigenvalue weighted by molar-refractivity contribution is 9.09. The van der Waals surface area contributed by atoms with Crippen molar-refractivity contribution in [1.29, 1.82) is 0 Å². The lowest BCUT2D eigenvalue weighted by molar-refractivity contribution is -0.0410. The molecule has 2 unspecified atom stereocenters. The number of aromatic nitrogens is 1. The number of hydrogen-bond acceptors (Lipinski definition) is 2. The van der Waals surface area contributed by atoms with Crippen molar-refractivity contribution >= 4 is 26.8 Å². The maximum absolute atomic E-state index is 6.26. The number of rotatable bonds is 4. The van der Waals surface area contributed by atoms with Crippen molar-refractivity contribution in [2.45, 2.75) is 44.0 Å². The number of fused-ring (bicyclic) bond motifs is 1. The molecule has 1 aromatic carbocycles. The second kappa shape index (κ2) is 5.36. The smallest absolute Gasteiger partial charge is 0.121 e. The summed E-state index contributed by atoms with van der Waals surface area (Å²) in [6.45, 7) is 4.52. The van der Waals surface area contributed by atoms with Gasteiger partial charge < -0.3 is 4.74 Å². The van der Waals surface area contributed by atoms with Crippen LogP contribution in [0.5, 0.6) is 5.75 Å². The first-order chi connectivity index (χ1) is 9.69. The number of hydrogen-bond donors (Lipinski definition) is 0. The molecule has 2 atom stereocenters. The molecule has 0 bridgehead atoms.